The molecule has 4 heterocycles. The Balaban J connectivity index is 1.10. The second-order valence-electron chi connectivity index (χ2n) is 16.4. The van der Waals surface area contributed by atoms with Crippen molar-refractivity contribution in [3.8, 4) is 17.4 Å². The minimum absolute atomic E-state index is 0.0482. The Kier molecular flexibility index (Phi) is 11.8. The second-order valence-corrected chi connectivity index (χ2v) is 16.4. The summed E-state index contributed by atoms with van der Waals surface area (Å²) < 4.78 is 33.1. The van der Waals surface area contributed by atoms with Crippen LogP contribution in [-0.2, 0) is 19.9 Å². The van der Waals surface area contributed by atoms with E-state index in [1.54, 1.807) is 56.9 Å². The molecule has 9 rings (SSSR count). The fraction of sp³-hybridized carbons (Fsp3) is 0.260. The summed E-state index contributed by atoms with van der Waals surface area (Å²) in [6, 6.07) is 42.9. The van der Waals surface area contributed by atoms with E-state index in [4.69, 9.17) is 28.7 Å². The zero-order valence-electron chi connectivity index (χ0n) is 36.6. The number of ether oxygens (including phenoxy) is 5. The van der Waals surface area contributed by atoms with Crippen LogP contribution in [-0.4, -0.2) is 93.7 Å². The number of imidazole rings is 1. The van der Waals surface area contributed by atoms with Crippen molar-refractivity contribution in [2.45, 2.75) is 43.4 Å². The number of nitrogens with one attached hydrogen (secondary N) is 1. The first-order valence-electron chi connectivity index (χ1n) is 21.3. The number of aliphatic hydroxyl groups excluding tert-OH is 1. The van der Waals surface area contributed by atoms with Crippen molar-refractivity contribution in [3.63, 3.8) is 0 Å². The molecule has 2 aliphatic rings. The first kappa shape index (κ1) is 43.1. The Morgan fingerprint density at radius 3 is 1.89 bits per heavy atom. The number of fused-ring (bicyclic) bond motifs is 3. The molecule has 5 aromatic carbocycles. The topological polar surface area (TPSA) is 163 Å². The lowest BCUT2D eigenvalue weighted by molar-refractivity contribution is -0.174. The van der Waals surface area contributed by atoms with Crippen LogP contribution < -0.4 is 24.4 Å². The smallest absolute Gasteiger partial charge is 0.425 e. The van der Waals surface area contributed by atoms with Crippen LogP contribution >= 0.6 is 0 Å². The Labute approximate surface area is 376 Å². The van der Waals surface area contributed by atoms with Gasteiger partial charge in [0.25, 0.3) is 5.88 Å². The Morgan fingerprint density at radius 1 is 0.815 bits per heavy atom. The number of hydrogen-bond donors (Lipinski definition) is 2. The fourth-order valence-electron chi connectivity index (χ4n) is 8.76. The van der Waals surface area contributed by atoms with E-state index in [2.05, 4.69) is 15.3 Å². The second kappa shape index (κ2) is 17.8. The van der Waals surface area contributed by atoms with Crippen molar-refractivity contribution in [2.24, 2.45) is 5.92 Å². The number of aliphatic hydroxyl groups is 1. The number of benzene rings is 5. The molecule has 2 aromatic heterocycles. The van der Waals surface area contributed by atoms with E-state index in [9.17, 15) is 14.7 Å². The Morgan fingerprint density at radius 2 is 1.35 bits per heavy atom. The standard InChI is InChI=1S/C50H49N7O8/c1-32(2)44(59)53-47-52-43-40(45(54-47)64-48(60)57(36-17-11-7-12-18-36)37-19-13-8-14-20-37)51-31-56(43)46-41-42(58)49(65-46,29-55(41)3)30-63-50(33-15-9-6-10-16-33,34-21-25-38(61-4)26-22-34)35-23-27-39(62-5)28-24-35/h6-28,31-32,41-42,46,58H,29-30H2,1-5H3,(H,52,53,54,59)/t41-,42+,46-,49-/m1/s1. The van der Waals surface area contributed by atoms with Crippen LogP contribution in [0.2, 0.25) is 0 Å². The van der Waals surface area contributed by atoms with Gasteiger partial charge in [0.1, 0.15) is 28.8 Å². The van der Waals surface area contributed by atoms with Gasteiger partial charge in [-0.15, -0.1) is 0 Å². The summed E-state index contributed by atoms with van der Waals surface area (Å²) in [5.41, 5.74) is 1.53. The number of likely N-dealkylation sites (tertiary alicyclic amines) is 1. The van der Waals surface area contributed by atoms with E-state index in [1.807, 2.05) is 127 Å². The van der Waals surface area contributed by atoms with Crippen LogP contribution in [0.5, 0.6) is 17.4 Å². The maximum Gasteiger partial charge on any atom is 0.425 e. The van der Waals surface area contributed by atoms with Gasteiger partial charge in [0, 0.05) is 12.5 Å². The average Bonchev–Trinajstić information content (AvgIpc) is 3.96. The monoisotopic (exact) mass is 875 g/mol. The molecule has 0 radical (unpaired) electrons. The number of para-hydroxylation sites is 2. The number of carbonyl (C=O) groups excluding carboxylic acids is 2. The molecule has 0 saturated carbocycles. The van der Waals surface area contributed by atoms with Gasteiger partial charge < -0.3 is 28.8 Å². The van der Waals surface area contributed by atoms with E-state index in [0.717, 1.165) is 16.7 Å². The maximum atomic E-state index is 14.2. The van der Waals surface area contributed by atoms with Crippen molar-refractivity contribution in [3.05, 3.63) is 163 Å². The van der Waals surface area contributed by atoms with Crippen molar-refractivity contribution in [2.75, 3.05) is 44.6 Å². The third-order valence-electron chi connectivity index (χ3n) is 12.1. The summed E-state index contributed by atoms with van der Waals surface area (Å²) >= 11 is 0. The molecule has 2 bridgehead atoms. The summed E-state index contributed by atoms with van der Waals surface area (Å²) in [7, 11) is 5.16. The molecule has 0 aliphatic carbocycles. The fourth-order valence-corrected chi connectivity index (χ4v) is 8.76. The van der Waals surface area contributed by atoms with E-state index >= 15 is 0 Å². The summed E-state index contributed by atoms with van der Waals surface area (Å²) in [5.74, 6) is 0.333. The third kappa shape index (κ3) is 7.92. The molecule has 2 aliphatic heterocycles. The highest BCUT2D eigenvalue weighted by Crippen LogP contribution is 2.50. The Hall–Kier alpha value is -7.17. The van der Waals surface area contributed by atoms with Crippen LogP contribution in [0.1, 0.15) is 36.8 Å². The molecule has 7 aromatic rings. The van der Waals surface area contributed by atoms with Gasteiger partial charge in [-0.25, -0.2) is 14.7 Å². The number of anilines is 3. The van der Waals surface area contributed by atoms with Crippen LogP contribution in [0.4, 0.5) is 22.1 Å². The number of nitrogens with zero attached hydrogens (tertiary/aromatic N) is 6. The first-order valence-corrected chi connectivity index (χ1v) is 21.3. The highest BCUT2D eigenvalue weighted by atomic mass is 16.6. The van der Waals surface area contributed by atoms with Crippen LogP contribution in [0.25, 0.3) is 11.2 Å². The molecule has 4 atom stereocenters. The lowest BCUT2D eigenvalue weighted by Crippen LogP contribution is -2.50. The van der Waals surface area contributed by atoms with Gasteiger partial charge in [0.2, 0.25) is 11.9 Å². The number of rotatable bonds is 14. The minimum atomic E-state index is -1.25. The molecule has 332 valence electrons. The molecule has 2 N–H and O–H groups in total. The lowest BCUT2D eigenvalue weighted by atomic mass is 9.79. The summed E-state index contributed by atoms with van der Waals surface area (Å²) in [6.07, 6.45) is -1.15. The van der Waals surface area contributed by atoms with E-state index < -0.39 is 41.6 Å². The van der Waals surface area contributed by atoms with Gasteiger partial charge in [0.15, 0.2) is 17.4 Å². The van der Waals surface area contributed by atoms with Gasteiger partial charge in [0.05, 0.1) is 44.6 Å². The quantitative estimate of drug-likeness (QED) is 0.103. The van der Waals surface area contributed by atoms with E-state index in [0.29, 0.717) is 29.4 Å². The molecular formula is C50H49N7O8. The Bertz CT molecular complexity index is 2690. The number of carbonyl (C=O) groups is 2. The van der Waals surface area contributed by atoms with Gasteiger partial charge in [-0.1, -0.05) is 105 Å². The predicted octanol–water partition coefficient (Wildman–Crippen LogP) is 7.73. The SMILES string of the molecule is COc1ccc(C(OC[C@@]23CN(C)[C@@H]([C@H](n4cnc5c(OC(=O)N(c6ccccc6)c6ccccc6)nc(NC(=O)C(C)C)nc54)O2)[C@@H]3O)(c2ccccc2)c2ccc(OC)cc2)cc1. The molecule has 2 fully saturated rings. The van der Waals surface area contributed by atoms with Crippen molar-refractivity contribution in [1.29, 1.82) is 0 Å². The zero-order chi connectivity index (χ0) is 45.3. The zero-order valence-corrected chi connectivity index (χ0v) is 36.6. The molecular weight excluding hydrogens is 827 g/mol. The number of morpholine rings is 1. The predicted molar refractivity (Wildman–Crippen MR) is 243 cm³/mol. The van der Waals surface area contributed by atoms with Gasteiger partial charge in [-0.2, -0.15) is 9.97 Å². The third-order valence-corrected chi connectivity index (χ3v) is 12.1. The first-order chi connectivity index (χ1) is 31.5. The molecule has 15 nitrogen and oxygen atoms in total. The number of aromatic nitrogens is 4. The molecule has 0 unspecified atom stereocenters. The largest absolute Gasteiger partial charge is 0.497 e. The van der Waals surface area contributed by atoms with Gasteiger partial charge in [-0.05, 0) is 72.3 Å². The highest BCUT2D eigenvalue weighted by Gasteiger charge is 2.64. The molecule has 65 heavy (non-hydrogen) atoms. The number of methoxy groups -OCH3 is 2. The number of amides is 2. The summed E-state index contributed by atoms with van der Waals surface area (Å²) in [5, 5.41) is 15.1. The van der Waals surface area contributed by atoms with Crippen LogP contribution in [0.3, 0.4) is 0 Å². The minimum Gasteiger partial charge on any atom is -0.497 e. The van der Waals surface area contributed by atoms with E-state index in [-0.39, 0.29) is 35.5 Å². The molecule has 2 saturated heterocycles. The summed E-state index contributed by atoms with van der Waals surface area (Å²) in [4.78, 5) is 44.7. The number of likely N-dealkylation sites (N-methyl/N-ethyl adjacent to an activating group) is 1. The maximum absolute atomic E-state index is 14.2. The van der Waals surface area contributed by atoms with Crippen molar-refractivity contribution >= 4 is 40.5 Å². The van der Waals surface area contributed by atoms with Gasteiger partial charge in [-0.3, -0.25) is 19.6 Å². The van der Waals surface area contributed by atoms with Crippen molar-refractivity contribution in [1.82, 2.24) is 24.4 Å². The van der Waals surface area contributed by atoms with E-state index in [1.165, 1.54) is 11.2 Å². The van der Waals surface area contributed by atoms with Crippen molar-refractivity contribution < 1.29 is 38.4 Å². The van der Waals surface area contributed by atoms with Crippen LogP contribution in [0, 0.1) is 5.92 Å². The number of hydrogen-bond acceptors (Lipinski definition) is 12. The highest BCUT2D eigenvalue weighted by molar-refractivity contribution is 5.98. The molecule has 0 spiro atoms. The van der Waals surface area contributed by atoms with Gasteiger partial charge >= 0.3 is 6.09 Å². The van der Waals surface area contributed by atoms with Crippen LogP contribution in [0.15, 0.2) is 146 Å². The average molecular weight is 876 g/mol. The molecule has 2 amide bonds. The molecule has 15 heteroatoms. The normalized spacial score (nSPS) is 19.3. The summed E-state index contributed by atoms with van der Waals surface area (Å²) in [6.45, 7) is 3.77. The lowest BCUT2D eigenvalue weighted by Gasteiger charge is -2.41.